The molecule has 2 heteroatoms. The van der Waals surface area contributed by atoms with E-state index in [0.717, 1.165) is 6.04 Å². The molecule has 0 unspecified atom stereocenters. The first-order valence-corrected chi connectivity index (χ1v) is 6.49. The number of unbranched alkanes of at least 4 members (excludes halogenated alkanes) is 1. The first kappa shape index (κ1) is 15.4. The van der Waals surface area contributed by atoms with Crippen molar-refractivity contribution in [1.29, 1.82) is 0 Å². The van der Waals surface area contributed by atoms with Crippen LogP contribution in [0.15, 0.2) is 0 Å². The van der Waals surface area contributed by atoms with Gasteiger partial charge in [0.2, 0.25) is 0 Å². The molecule has 0 bridgehead atoms. The quantitative estimate of drug-likeness (QED) is 0.521. The van der Waals surface area contributed by atoms with Crippen LogP contribution in [0.1, 0.15) is 58.3 Å². The Hall–Kier alpha value is 0.440. The lowest BCUT2D eigenvalue weighted by Gasteiger charge is -2.38. The molecule has 0 aliphatic heterocycles. The minimum absolute atomic E-state index is 0. The van der Waals surface area contributed by atoms with Crippen molar-refractivity contribution in [2.24, 2.45) is 0 Å². The number of halogens is 1. The van der Waals surface area contributed by atoms with E-state index in [4.69, 9.17) is 0 Å². The highest BCUT2D eigenvalue weighted by atomic mass is 79.9. The van der Waals surface area contributed by atoms with Crippen molar-refractivity contribution < 1.29 is 21.5 Å². The molecule has 0 N–H and O–H groups in total. The third-order valence-corrected chi connectivity index (χ3v) is 3.90. The molecule has 0 heterocycles. The second-order valence-electron chi connectivity index (χ2n) is 5.50. The summed E-state index contributed by atoms with van der Waals surface area (Å²) in [5.41, 5.74) is 0. The lowest BCUT2D eigenvalue weighted by atomic mass is 10.0. The van der Waals surface area contributed by atoms with Crippen LogP contribution in [0.2, 0.25) is 0 Å². The molecule has 0 radical (unpaired) electrons. The number of nitrogens with zero attached hydrogens (tertiary/aromatic N) is 1. The van der Waals surface area contributed by atoms with Crippen molar-refractivity contribution in [3.63, 3.8) is 0 Å². The van der Waals surface area contributed by atoms with E-state index in [9.17, 15) is 0 Å². The first-order chi connectivity index (χ1) is 6.67. The normalized spacial score (nSPS) is 19.4. The van der Waals surface area contributed by atoms with Gasteiger partial charge in [0.15, 0.2) is 0 Å². The van der Waals surface area contributed by atoms with Gasteiger partial charge in [-0.2, -0.15) is 0 Å². The molecule has 0 aromatic heterocycles. The van der Waals surface area contributed by atoms with E-state index in [0.29, 0.717) is 0 Å². The maximum absolute atomic E-state index is 2.44. The predicted octanol–water partition coefficient (Wildman–Crippen LogP) is 0.590. The minimum atomic E-state index is 0. The molecule has 0 spiro atoms. The summed E-state index contributed by atoms with van der Waals surface area (Å²) < 4.78 is 1.27. The molecule has 0 amide bonds. The Bertz CT molecular complexity index is 149. The fourth-order valence-electron chi connectivity index (χ4n) is 2.70. The standard InChI is InChI=1S/C13H28N.BrH/c1-4-5-12-14(2,3)13-10-8-6-7-9-11-13;/h13H,4-12H2,1-3H3;1H/q+1;/p-1. The van der Waals surface area contributed by atoms with Gasteiger partial charge < -0.3 is 21.5 Å². The van der Waals surface area contributed by atoms with Gasteiger partial charge in [-0.1, -0.05) is 26.2 Å². The van der Waals surface area contributed by atoms with Crippen LogP contribution in [-0.2, 0) is 0 Å². The summed E-state index contributed by atoms with van der Waals surface area (Å²) in [6.07, 6.45) is 11.6. The van der Waals surface area contributed by atoms with Gasteiger partial charge in [0.05, 0.1) is 26.7 Å². The fraction of sp³-hybridized carbons (Fsp3) is 1.00. The highest BCUT2D eigenvalue weighted by Crippen LogP contribution is 2.25. The lowest BCUT2D eigenvalue weighted by Crippen LogP contribution is -3.00. The zero-order valence-corrected chi connectivity index (χ0v) is 12.4. The fourth-order valence-corrected chi connectivity index (χ4v) is 2.70. The van der Waals surface area contributed by atoms with Gasteiger partial charge >= 0.3 is 0 Å². The van der Waals surface area contributed by atoms with Crippen molar-refractivity contribution in [3.05, 3.63) is 0 Å². The Kier molecular flexibility index (Phi) is 7.90. The van der Waals surface area contributed by atoms with Gasteiger partial charge in [0.1, 0.15) is 0 Å². The number of quaternary nitrogens is 1. The van der Waals surface area contributed by atoms with E-state index in [2.05, 4.69) is 21.0 Å². The van der Waals surface area contributed by atoms with E-state index in [1.165, 1.54) is 62.4 Å². The zero-order valence-electron chi connectivity index (χ0n) is 10.8. The second kappa shape index (κ2) is 7.67. The van der Waals surface area contributed by atoms with Gasteiger partial charge in [0, 0.05) is 0 Å². The van der Waals surface area contributed by atoms with Crippen molar-refractivity contribution >= 4 is 0 Å². The van der Waals surface area contributed by atoms with Gasteiger partial charge in [0.25, 0.3) is 0 Å². The van der Waals surface area contributed by atoms with Crippen molar-refractivity contribution in [2.45, 2.75) is 64.3 Å². The summed E-state index contributed by atoms with van der Waals surface area (Å²) in [5, 5.41) is 0. The molecule has 1 nitrogen and oxygen atoms in total. The molecule has 15 heavy (non-hydrogen) atoms. The van der Waals surface area contributed by atoms with Gasteiger partial charge in [-0.15, -0.1) is 0 Å². The van der Waals surface area contributed by atoms with E-state index in [-0.39, 0.29) is 17.0 Å². The van der Waals surface area contributed by atoms with Gasteiger partial charge in [-0.05, 0) is 32.1 Å². The van der Waals surface area contributed by atoms with Gasteiger partial charge in [-0.25, -0.2) is 0 Å². The van der Waals surface area contributed by atoms with Crippen LogP contribution < -0.4 is 17.0 Å². The predicted molar refractivity (Wildman–Crippen MR) is 63.4 cm³/mol. The Labute approximate surface area is 107 Å². The molecule has 0 saturated heterocycles. The average Bonchev–Trinajstić information content (AvgIpc) is 2.43. The average molecular weight is 278 g/mol. The Morgan fingerprint density at radius 3 is 2.00 bits per heavy atom. The molecule has 1 aliphatic carbocycles. The summed E-state index contributed by atoms with van der Waals surface area (Å²) in [4.78, 5) is 0. The summed E-state index contributed by atoms with van der Waals surface area (Å²) in [7, 11) is 4.87. The Morgan fingerprint density at radius 1 is 1.00 bits per heavy atom. The van der Waals surface area contributed by atoms with Crippen LogP contribution in [0.25, 0.3) is 0 Å². The molecule has 1 rings (SSSR count). The van der Waals surface area contributed by atoms with Crippen LogP contribution in [0, 0.1) is 0 Å². The molecule has 0 atom stereocenters. The summed E-state index contributed by atoms with van der Waals surface area (Å²) in [6.45, 7) is 3.67. The van der Waals surface area contributed by atoms with Crippen molar-refractivity contribution in [2.75, 3.05) is 20.6 Å². The largest absolute Gasteiger partial charge is 1.00 e. The SMILES string of the molecule is CCCC[N+](C)(C)C1CCCCCC1.[Br-]. The molecule has 92 valence electrons. The molecule has 0 aromatic rings. The van der Waals surface area contributed by atoms with Crippen LogP contribution in [0.3, 0.4) is 0 Å². The van der Waals surface area contributed by atoms with Crippen LogP contribution in [-0.4, -0.2) is 31.2 Å². The molecule has 0 aromatic carbocycles. The maximum atomic E-state index is 2.44. The summed E-state index contributed by atoms with van der Waals surface area (Å²) >= 11 is 0. The molecular formula is C13H28BrN. The monoisotopic (exact) mass is 277 g/mol. The van der Waals surface area contributed by atoms with E-state index >= 15 is 0 Å². The number of hydrogen-bond donors (Lipinski definition) is 0. The molecule has 1 fully saturated rings. The van der Waals surface area contributed by atoms with Crippen molar-refractivity contribution in [1.82, 2.24) is 0 Å². The van der Waals surface area contributed by atoms with Gasteiger partial charge in [-0.3, -0.25) is 0 Å². The Balaban J connectivity index is 0.00000196. The molecule has 1 saturated carbocycles. The smallest absolute Gasteiger partial charge is 0.0886 e. The van der Waals surface area contributed by atoms with E-state index < -0.39 is 0 Å². The number of hydrogen-bond acceptors (Lipinski definition) is 0. The van der Waals surface area contributed by atoms with Crippen LogP contribution in [0.4, 0.5) is 0 Å². The summed E-state index contributed by atoms with van der Waals surface area (Å²) in [5.74, 6) is 0. The van der Waals surface area contributed by atoms with E-state index in [1.54, 1.807) is 0 Å². The first-order valence-electron chi connectivity index (χ1n) is 6.49. The van der Waals surface area contributed by atoms with Crippen molar-refractivity contribution in [3.8, 4) is 0 Å². The minimum Gasteiger partial charge on any atom is -1.00 e. The van der Waals surface area contributed by atoms with E-state index in [1.807, 2.05) is 0 Å². The van der Waals surface area contributed by atoms with Crippen LogP contribution in [0.5, 0.6) is 0 Å². The highest BCUT2D eigenvalue weighted by Gasteiger charge is 2.27. The highest BCUT2D eigenvalue weighted by molar-refractivity contribution is 4.64. The van der Waals surface area contributed by atoms with Crippen LogP contribution >= 0.6 is 0 Å². The summed E-state index contributed by atoms with van der Waals surface area (Å²) in [6, 6.07) is 0.948. The third kappa shape index (κ3) is 5.35. The Morgan fingerprint density at radius 2 is 1.53 bits per heavy atom. The third-order valence-electron chi connectivity index (χ3n) is 3.90. The topological polar surface area (TPSA) is 0 Å². The lowest BCUT2D eigenvalue weighted by molar-refractivity contribution is -0.916. The zero-order chi connectivity index (χ0) is 10.4. The number of rotatable bonds is 4. The second-order valence-corrected chi connectivity index (χ2v) is 5.50. The maximum Gasteiger partial charge on any atom is 0.0886 e. The molecular weight excluding hydrogens is 250 g/mol. The molecule has 1 aliphatic rings.